The minimum absolute atomic E-state index is 0.482. The van der Waals surface area contributed by atoms with Gasteiger partial charge in [0.05, 0.1) is 5.69 Å². The van der Waals surface area contributed by atoms with Gasteiger partial charge in [0, 0.05) is 30.2 Å². The number of anilines is 2. The Morgan fingerprint density at radius 2 is 2.17 bits per heavy atom. The summed E-state index contributed by atoms with van der Waals surface area (Å²) in [6.07, 6.45) is 2.93. The van der Waals surface area contributed by atoms with Gasteiger partial charge in [-0.1, -0.05) is 18.2 Å². The second kappa shape index (κ2) is 4.42. The van der Waals surface area contributed by atoms with Crippen molar-refractivity contribution >= 4 is 11.4 Å². The zero-order valence-electron chi connectivity index (χ0n) is 10.5. The Labute approximate surface area is 107 Å². The molecule has 0 fully saturated rings. The molecule has 1 unspecified atom stereocenters. The molecule has 92 valence electrons. The highest BCUT2D eigenvalue weighted by molar-refractivity contribution is 5.70. The van der Waals surface area contributed by atoms with Crippen LogP contribution in [0.2, 0.25) is 0 Å². The van der Waals surface area contributed by atoms with Crippen LogP contribution >= 0.6 is 0 Å². The predicted octanol–water partition coefficient (Wildman–Crippen LogP) is 2.62. The minimum Gasteiger partial charge on any atom is -0.338 e. The van der Waals surface area contributed by atoms with E-state index in [2.05, 4.69) is 53.2 Å². The fourth-order valence-corrected chi connectivity index (χ4v) is 2.69. The zero-order valence-corrected chi connectivity index (χ0v) is 10.5. The van der Waals surface area contributed by atoms with E-state index in [-0.39, 0.29) is 0 Å². The number of pyridine rings is 1. The molecule has 1 aliphatic heterocycles. The first-order chi connectivity index (χ1) is 8.79. The summed E-state index contributed by atoms with van der Waals surface area (Å²) >= 11 is 0. The maximum absolute atomic E-state index is 5.67. The van der Waals surface area contributed by atoms with Crippen molar-refractivity contribution in [3.05, 3.63) is 53.9 Å². The van der Waals surface area contributed by atoms with E-state index >= 15 is 0 Å². The summed E-state index contributed by atoms with van der Waals surface area (Å²) in [4.78, 5) is 6.63. The van der Waals surface area contributed by atoms with E-state index in [1.807, 2.05) is 6.20 Å². The molecular weight excluding hydrogens is 222 g/mol. The van der Waals surface area contributed by atoms with E-state index in [0.717, 1.165) is 12.1 Å². The van der Waals surface area contributed by atoms with Gasteiger partial charge < -0.3 is 10.6 Å². The highest BCUT2D eigenvalue weighted by Gasteiger charge is 2.26. The summed E-state index contributed by atoms with van der Waals surface area (Å²) in [6, 6.07) is 13.2. The molecule has 1 atom stereocenters. The number of hydrogen-bond acceptors (Lipinski definition) is 3. The van der Waals surface area contributed by atoms with E-state index in [9.17, 15) is 0 Å². The molecule has 3 rings (SSSR count). The number of para-hydroxylation sites is 1. The average molecular weight is 239 g/mol. The first-order valence-electron chi connectivity index (χ1n) is 6.31. The molecule has 1 aliphatic rings. The maximum Gasteiger partial charge on any atom is 0.0560 e. The summed E-state index contributed by atoms with van der Waals surface area (Å²) in [5.74, 6) is 0. The molecule has 2 aromatic rings. The Kier molecular flexibility index (Phi) is 2.76. The molecule has 0 radical (unpaired) electrons. The van der Waals surface area contributed by atoms with Crippen LogP contribution in [0, 0.1) is 0 Å². The van der Waals surface area contributed by atoms with Gasteiger partial charge in [0.1, 0.15) is 0 Å². The van der Waals surface area contributed by atoms with Crippen molar-refractivity contribution in [2.75, 3.05) is 4.90 Å². The highest BCUT2D eigenvalue weighted by Crippen LogP contribution is 2.37. The first-order valence-corrected chi connectivity index (χ1v) is 6.31. The molecular formula is C15H17N3. The van der Waals surface area contributed by atoms with Crippen LogP contribution in [0.25, 0.3) is 0 Å². The second-order valence-electron chi connectivity index (χ2n) is 4.76. The predicted molar refractivity (Wildman–Crippen MR) is 73.9 cm³/mol. The van der Waals surface area contributed by atoms with E-state index in [4.69, 9.17) is 5.73 Å². The van der Waals surface area contributed by atoms with Crippen LogP contribution < -0.4 is 10.6 Å². The van der Waals surface area contributed by atoms with Crippen LogP contribution in [0.1, 0.15) is 18.2 Å². The van der Waals surface area contributed by atoms with Crippen molar-refractivity contribution < 1.29 is 0 Å². The highest BCUT2D eigenvalue weighted by atomic mass is 15.2. The lowest BCUT2D eigenvalue weighted by Crippen LogP contribution is -2.24. The van der Waals surface area contributed by atoms with E-state index in [0.29, 0.717) is 12.6 Å². The average Bonchev–Trinajstić information content (AvgIpc) is 2.74. The van der Waals surface area contributed by atoms with Gasteiger partial charge in [0.25, 0.3) is 0 Å². The fourth-order valence-electron chi connectivity index (χ4n) is 2.69. The summed E-state index contributed by atoms with van der Waals surface area (Å²) in [6.45, 7) is 2.74. The Morgan fingerprint density at radius 3 is 3.00 bits per heavy atom. The summed E-state index contributed by atoms with van der Waals surface area (Å²) in [7, 11) is 0. The van der Waals surface area contributed by atoms with Crippen LogP contribution in [0.4, 0.5) is 11.4 Å². The van der Waals surface area contributed by atoms with Crippen molar-refractivity contribution in [1.82, 2.24) is 4.98 Å². The van der Waals surface area contributed by atoms with Crippen molar-refractivity contribution in [3.63, 3.8) is 0 Å². The number of aromatic nitrogens is 1. The van der Waals surface area contributed by atoms with Gasteiger partial charge in [0.2, 0.25) is 0 Å². The van der Waals surface area contributed by atoms with Crippen molar-refractivity contribution in [2.24, 2.45) is 5.73 Å². The molecule has 18 heavy (non-hydrogen) atoms. The van der Waals surface area contributed by atoms with Crippen LogP contribution in [0.15, 0.2) is 42.6 Å². The Hall–Kier alpha value is -1.87. The number of fused-ring (bicyclic) bond motifs is 1. The van der Waals surface area contributed by atoms with Crippen LogP contribution in [0.3, 0.4) is 0 Å². The van der Waals surface area contributed by atoms with Gasteiger partial charge in [-0.15, -0.1) is 0 Å². The normalized spacial score (nSPS) is 17.9. The van der Waals surface area contributed by atoms with E-state index < -0.39 is 0 Å². The van der Waals surface area contributed by atoms with Crippen LogP contribution in [-0.2, 0) is 13.0 Å². The van der Waals surface area contributed by atoms with Crippen LogP contribution in [-0.4, -0.2) is 11.0 Å². The van der Waals surface area contributed by atoms with Gasteiger partial charge in [-0.25, -0.2) is 0 Å². The quantitative estimate of drug-likeness (QED) is 0.876. The molecule has 0 bridgehead atoms. The lowest BCUT2D eigenvalue weighted by atomic mass is 10.1. The first kappa shape index (κ1) is 11.2. The Balaban J connectivity index is 2.06. The molecule has 1 aromatic carbocycles. The second-order valence-corrected chi connectivity index (χ2v) is 4.76. The largest absolute Gasteiger partial charge is 0.338 e. The minimum atomic E-state index is 0.482. The topological polar surface area (TPSA) is 42.2 Å². The van der Waals surface area contributed by atoms with Gasteiger partial charge >= 0.3 is 0 Å². The smallest absolute Gasteiger partial charge is 0.0560 e. The monoisotopic (exact) mass is 239 g/mol. The SMILES string of the molecule is CC1Cc2ccccc2N1c1ccnc(CN)c1. The zero-order chi connectivity index (χ0) is 12.5. The van der Waals surface area contributed by atoms with E-state index in [1.165, 1.54) is 16.9 Å². The van der Waals surface area contributed by atoms with Gasteiger partial charge in [0.15, 0.2) is 0 Å². The Morgan fingerprint density at radius 1 is 1.33 bits per heavy atom. The lowest BCUT2D eigenvalue weighted by molar-refractivity contribution is 0.757. The molecule has 3 heteroatoms. The summed E-state index contributed by atoms with van der Waals surface area (Å²) < 4.78 is 0. The molecule has 0 aliphatic carbocycles. The number of benzene rings is 1. The Bertz CT molecular complexity index is 565. The third-order valence-electron chi connectivity index (χ3n) is 3.49. The lowest BCUT2D eigenvalue weighted by Gasteiger charge is -2.25. The number of nitrogens with two attached hydrogens (primary N) is 1. The van der Waals surface area contributed by atoms with Gasteiger partial charge in [-0.3, -0.25) is 4.98 Å². The number of rotatable bonds is 2. The molecule has 1 aromatic heterocycles. The number of hydrogen-bond donors (Lipinski definition) is 1. The molecule has 0 spiro atoms. The third-order valence-corrected chi connectivity index (χ3v) is 3.49. The van der Waals surface area contributed by atoms with E-state index in [1.54, 1.807) is 0 Å². The molecule has 0 amide bonds. The summed E-state index contributed by atoms with van der Waals surface area (Å²) in [5, 5.41) is 0. The molecule has 0 saturated carbocycles. The maximum atomic E-state index is 5.67. The van der Waals surface area contributed by atoms with Crippen LogP contribution in [0.5, 0.6) is 0 Å². The number of nitrogens with zero attached hydrogens (tertiary/aromatic N) is 2. The fraction of sp³-hybridized carbons (Fsp3) is 0.267. The molecule has 0 saturated heterocycles. The summed E-state index contributed by atoms with van der Waals surface area (Å²) in [5.41, 5.74) is 10.5. The van der Waals surface area contributed by atoms with Crippen molar-refractivity contribution in [2.45, 2.75) is 25.9 Å². The standard InChI is InChI=1S/C15H17N3/c1-11-8-12-4-2-3-5-15(12)18(11)14-6-7-17-13(9-14)10-16/h2-7,9,11H,8,10,16H2,1H3. The van der Waals surface area contributed by atoms with Crippen molar-refractivity contribution in [3.8, 4) is 0 Å². The molecule has 2 N–H and O–H groups in total. The van der Waals surface area contributed by atoms with Gasteiger partial charge in [-0.05, 0) is 37.1 Å². The van der Waals surface area contributed by atoms with Gasteiger partial charge in [-0.2, -0.15) is 0 Å². The third kappa shape index (κ3) is 1.77. The van der Waals surface area contributed by atoms with Crippen molar-refractivity contribution in [1.29, 1.82) is 0 Å². The molecule has 3 nitrogen and oxygen atoms in total. The molecule has 2 heterocycles.